The van der Waals surface area contributed by atoms with E-state index >= 15 is 0 Å². The van der Waals surface area contributed by atoms with E-state index in [9.17, 15) is 4.79 Å². The summed E-state index contributed by atoms with van der Waals surface area (Å²) in [4.78, 5) is 11.2. The van der Waals surface area contributed by atoms with E-state index in [1.807, 2.05) is 6.07 Å². The van der Waals surface area contributed by atoms with Gasteiger partial charge in [0.1, 0.15) is 6.29 Å². The van der Waals surface area contributed by atoms with Crippen LogP contribution < -0.4 is 0 Å². The first kappa shape index (κ1) is 9.82. The summed E-state index contributed by atoms with van der Waals surface area (Å²) < 4.78 is 0. The molecule has 0 heterocycles. The molecule has 0 aliphatic carbocycles. The fourth-order valence-electron chi connectivity index (χ4n) is 1.11. The first-order valence-corrected chi connectivity index (χ1v) is 4.36. The number of benzene rings is 1. The monoisotopic (exact) mass is 191 g/mol. The molecular weight excluding hydrogens is 182 g/mol. The Balaban J connectivity index is 2.89. The highest BCUT2D eigenvalue weighted by molar-refractivity contribution is 7.80. The highest BCUT2D eigenvalue weighted by Crippen LogP contribution is 2.13. The van der Waals surface area contributed by atoms with E-state index in [0.717, 1.165) is 16.7 Å². The number of nitrogens with zero attached hydrogens (tertiary/aromatic N) is 1. The zero-order chi connectivity index (χ0) is 9.68. The molecule has 66 valence electrons. The molecule has 1 rings (SSSR count). The average molecular weight is 191 g/mol. The minimum Gasteiger partial charge on any atom is -0.298 e. The number of nitriles is 1. The van der Waals surface area contributed by atoms with Crippen molar-refractivity contribution in [3.8, 4) is 6.07 Å². The lowest BCUT2D eigenvalue weighted by Gasteiger charge is -2.00. The van der Waals surface area contributed by atoms with Crippen molar-refractivity contribution in [3.63, 3.8) is 0 Å². The Bertz CT molecular complexity index is 354. The highest BCUT2D eigenvalue weighted by Gasteiger charge is 1.97. The van der Waals surface area contributed by atoms with Crippen LogP contribution in [0.1, 0.15) is 22.3 Å². The van der Waals surface area contributed by atoms with E-state index in [1.54, 1.807) is 12.1 Å². The van der Waals surface area contributed by atoms with Gasteiger partial charge < -0.3 is 0 Å². The third-order valence-corrected chi connectivity index (χ3v) is 1.92. The van der Waals surface area contributed by atoms with Gasteiger partial charge in [-0.15, -0.1) is 12.6 Å². The molecule has 2 nitrogen and oxygen atoms in total. The topological polar surface area (TPSA) is 40.9 Å². The molecule has 3 heteroatoms. The quantitative estimate of drug-likeness (QED) is 0.588. The lowest BCUT2D eigenvalue weighted by Crippen LogP contribution is -1.88. The van der Waals surface area contributed by atoms with Gasteiger partial charge in [0.05, 0.1) is 6.07 Å². The summed E-state index contributed by atoms with van der Waals surface area (Å²) in [5.74, 6) is 0. The first-order valence-electron chi connectivity index (χ1n) is 3.91. The molecule has 0 aromatic heterocycles. The fraction of sp³-hybridized carbons (Fsp3) is 0.200. The van der Waals surface area contributed by atoms with E-state index < -0.39 is 0 Å². The molecule has 0 aliphatic heterocycles. The number of thiol groups is 1. The van der Waals surface area contributed by atoms with Crippen LogP contribution in [0.2, 0.25) is 0 Å². The lowest BCUT2D eigenvalue weighted by molar-refractivity contribution is 0.112. The van der Waals surface area contributed by atoms with Gasteiger partial charge in [-0.2, -0.15) is 5.26 Å². The van der Waals surface area contributed by atoms with Crippen molar-refractivity contribution in [1.82, 2.24) is 0 Å². The molecule has 0 radical (unpaired) electrons. The molecule has 1 aromatic carbocycles. The van der Waals surface area contributed by atoms with Crippen molar-refractivity contribution in [2.45, 2.75) is 17.7 Å². The maximum atomic E-state index is 10.5. The van der Waals surface area contributed by atoms with Gasteiger partial charge in [0.2, 0.25) is 0 Å². The maximum Gasteiger partial charge on any atom is 0.150 e. The number of hydrogen-bond donors (Lipinski definition) is 1. The van der Waals surface area contributed by atoms with E-state index in [1.165, 1.54) is 0 Å². The molecule has 0 spiro atoms. The zero-order valence-electron chi connectivity index (χ0n) is 7.03. The van der Waals surface area contributed by atoms with Gasteiger partial charge in [0, 0.05) is 16.9 Å². The summed E-state index contributed by atoms with van der Waals surface area (Å²) in [5, 5.41) is 8.38. The summed E-state index contributed by atoms with van der Waals surface area (Å²) in [6.07, 6.45) is 1.93. The third kappa shape index (κ3) is 2.92. The number of aldehydes is 1. The molecular formula is C10H9NOS. The molecule has 0 bridgehead atoms. The average Bonchev–Trinajstić information content (AvgIpc) is 2.14. The van der Waals surface area contributed by atoms with Crippen LogP contribution in [0.15, 0.2) is 23.1 Å². The van der Waals surface area contributed by atoms with E-state index in [-0.39, 0.29) is 0 Å². The van der Waals surface area contributed by atoms with Gasteiger partial charge in [0.25, 0.3) is 0 Å². The van der Waals surface area contributed by atoms with Crippen LogP contribution in [-0.2, 0) is 6.42 Å². The van der Waals surface area contributed by atoms with Crippen LogP contribution in [0, 0.1) is 11.3 Å². The van der Waals surface area contributed by atoms with Crippen LogP contribution in [0.25, 0.3) is 0 Å². The molecule has 0 saturated heterocycles. The maximum absolute atomic E-state index is 10.5. The number of carbonyl (C=O) groups excluding carboxylic acids is 1. The second-order valence-electron chi connectivity index (χ2n) is 2.71. The summed E-state index contributed by atoms with van der Waals surface area (Å²) in [7, 11) is 0. The summed E-state index contributed by atoms with van der Waals surface area (Å²) in [6, 6.07) is 7.41. The Morgan fingerprint density at radius 2 is 2.23 bits per heavy atom. The molecule has 1 aromatic rings. The Hall–Kier alpha value is -1.27. The third-order valence-electron chi connectivity index (χ3n) is 1.66. The SMILES string of the molecule is N#CCCc1cc(S)cc(C=O)c1. The number of rotatable bonds is 3. The van der Waals surface area contributed by atoms with Gasteiger partial charge >= 0.3 is 0 Å². The second kappa shape index (κ2) is 4.68. The van der Waals surface area contributed by atoms with Crippen LogP contribution in [0.3, 0.4) is 0 Å². The smallest absolute Gasteiger partial charge is 0.150 e. The normalized spacial score (nSPS) is 9.23. The molecule has 0 atom stereocenters. The minimum absolute atomic E-state index is 0.468. The minimum atomic E-state index is 0.468. The van der Waals surface area contributed by atoms with Crippen molar-refractivity contribution in [1.29, 1.82) is 5.26 Å². The zero-order valence-corrected chi connectivity index (χ0v) is 7.92. The summed E-state index contributed by atoms with van der Waals surface area (Å²) >= 11 is 4.16. The van der Waals surface area contributed by atoms with Gasteiger partial charge in [-0.3, -0.25) is 4.79 Å². The van der Waals surface area contributed by atoms with Gasteiger partial charge in [-0.1, -0.05) is 0 Å². The molecule has 0 unspecified atom stereocenters. The molecule has 0 aliphatic rings. The summed E-state index contributed by atoms with van der Waals surface area (Å²) in [5.41, 5.74) is 1.59. The molecule has 0 N–H and O–H groups in total. The Kier molecular flexibility index (Phi) is 3.53. The Morgan fingerprint density at radius 3 is 2.85 bits per heavy atom. The van der Waals surface area contributed by atoms with Crippen molar-refractivity contribution < 1.29 is 4.79 Å². The van der Waals surface area contributed by atoms with Crippen LogP contribution in [0.5, 0.6) is 0 Å². The van der Waals surface area contributed by atoms with Crippen LogP contribution in [-0.4, -0.2) is 6.29 Å². The fourth-order valence-corrected chi connectivity index (χ4v) is 1.43. The predicted octanol–water partition coefficient (Wildman–Crippen LogP) is 2.24. The summed E-state index contributed by atoms with van der Waals surface area (Å²) in [6.45, 7) is 0. The Morgan fingerprint density at radius 1 is 1.46 bits per heavy atom. The van der Waals surface area contributed by atoms with E-state index in [4.69, 9.17) is 5.26 Å². The van der Waals surface area contributed by atoms with Crippen molar-refractivity contribution in [2.75, 3.05) is 0 Å². The standard InChI is InChI=1S/C10H9NOS/c11-3-1-2-8-4-9(7-12)6-10(13)5-8/h4-7,13H,1-2H2. The first-order chi connectivity index (χ1) is 6.26. The molecule has 0 fully saturated rings. The lowest BCUT2D eigenvalue weighted by atomic mass is 10.1. The van der Waals surface area contributed by atoms with E-state index in [0.29, 0.717) is 18.4 Å². The van der Waals surface area contributed by atoms with Crippen molar-refractivity contribution in [3.05, 3.63) is 29.3 Å². The predicted molar refractivity (Wildman–Crippen MR) is 53.0 cm³/mol. The van der Waals surface area contributed by atoms with Crippen molar-refractivity contribution in [2.24, 2.45) is 0 Å². The Labute approximate surface area is 82.6 Å². The van der Waals surface area contributed by atoms with Gasteiger partial charge in [-0.25, -0.2) is 0 Å². The van der Waals surface area contributed by atoms with Crippen LogP contribution >= 0.6 is 12.6 Å². The molecule has 0 saturated carbocycles. The van der Waals surface area contributed by atoms with Crippen molar-refractivity contribution >= 4 is 18.9 Å². The largest absolute Gasteiger partial charge is 0.298 e. The number of aryl methyl sites for hydroxylation is 1. The van der Waals surface area contributed by atoms with Gasteiger partial charge in [-0.05, 0) is 30.2 Å². The molecule has 0 amide bonds. The number of carbonyl (C=O) groups is 1. The number of hydrogen-bond acceptors (Lipinski definition) is 3. The molecule has 13 heavy (non-hydrogen) atoms. The van der Waals surface area contributed by atoms with E-state index in [2.05, 4.69) is 18.7 Å². The van der Waals surface area contributed by atoms with Gasteiger partial charge in [0.15, 0.2) is 0 Å². The van der Waals surface area contributed by atoms with Crippen LogP contribution in [0.4, 0.5) is 0 Å². The highest BCUT2D eigenvalue weighted by atomic mass is 32.1. The second-order valence-corrected chi connectivity index (χ2v) is 3.23.